The van der Waals surface area contributed by atoms with Crippen LogP contribution in [0.5, 0.6) is 0 Å². The van der Waals surface area contributed by atoms with Crippen LogP contribution in [0.4, 0.5) is 0 Å². The lowest BCUT2D eigenvalue weighted by molar-refractivity contribution is -0.179. The average molecular weight is 227 g/mol. The second-order valence-electron chi connectivity index (χ2n) is 5.75. The Kier molecular flexibility index (Phi) is 2.97. The summed E-state index contributed by atoms with van der Waals surface area (Å²) in [6, 6.07) is 0. The van der Waals surface area contributed by atoms with Gasteiger partial charge in [0.1, 0.15) is 11.0 Å². The van der Waals surface area contributed by atoms with E-state index in [-0.39, 0.29) is 12.1 Å². The van der Waals surface area contributed by atoms with Crippen molar-refractivity contribution in [2.45, 2.75) is 45.3 Å². The summed E-state index contributed by atoms with van der Waals surface area (Å²) in [5.41, 5.74) is -0.859. The van der Waals surface area contributed by atoms with Crippen LogP contribution < -0.4 is 5.32 Å². The molecular weight excluding hydrogens is 206 g/mol. The minimum Gasteiger partial charge on any atom is -0.459 e. The van der Waals surface area contributed by atoms with Gasteiger partial charge in [-0.3, -0.25) is 4.79 Å². The number of rotatable bonds is 1. The molecule has 1 N–H and O–H groups in total. The molecule has 2 aliphatic heterocycles. The molecule has 2 atom stereocenters. The molecule has 4 heteroatoms. The van der Waals surface area contributed by atoms with Gasteiger partial charge in [-0.25, -0.2) is 0 Å². The van der Waals surface area contributed by atoms with Crippen LogP contribution in [0.15, 0.2) is 0 Å². The molecule has 0 spiro atoms. The highest BCUT2D eigenvalue weighted by atomic mass is 16.6. The Morgan fingerprint density at radius 1 is 1.50 bits per heavy atom. The zero-order valence-corrected chi connectivity index (χ0v) is 10.3. The lowest BCUT2D eigenvalue weighted by Crippen LogP contribution is -2.49. The summed E-state index contributed by atoms with van der Waals surface area (Å²) in [4.78, 5) is 12.3. The molecule has 2 rings (SSSR count). The van der Waals surface area contributed by atoms with Gasteiger partial charge in [0.05, 0.1) is 6.10 Å². The van der Waals surface area contributed by atoms with E-state index in [0.717, 1.165) is 26.0 Å². The smallest absolute Gasteiger partial charge is 0.316 e. The number of hydrogen-bond donors (Lipinski definition) is 1. The molecule has 0 aliphatic carbocycles. The fourth-order valence-electron chi connectivity index (χ4n) is 2.50. The second-order valence-corrected chi connectivity index (χ2v) is 5.75. The number of fused-ring (bicyclic) bond motifs is 1. The third kappa shape index (κ3) is 2.09. The lowest BCUT2D eigenvalue weighted by atomic mass is 9.78. The Labute approximate surface area is 96.7 Å². The summed E-state index contributed by atoms with van der Waals surface area (Å²) < 4.78 is 11.2. The van der Waals surface area contributed by atoms with Crippen LogP contribution >= 0.6 is 0 Å². The molecular formula is C12H21NO3. The largest absolute Gasteiger partial charge is 0.459 e. The topological polar surface area (TPSA) is 47.6 Å². The molecule has 0 aromatic heterocycles. The second kappa shape index (κ2) is 4.00. The van der Waals surface area contributed by atoms with Crippen LogP contribution in [0, 0.1) is 5.41 Å². The van der Waals surface area contributed by atoms with E-state index in [1.54, 1.807) is 0 Å². The lowest BCUT2D eigenvalue weighted by Gasteiger charge is -2.37. The zero-order chi connectivity index (χ0) is 11.8. The molecule has 0 radical (unpaired) electrons. The summed E-state index contributed by atoms with van der Waals surface area (Å²) in [6.07, 6.45) is 1.81. The van der Waals surface area contributed by atoms with Crippen molar-refractivity contribution in [2.75, 3.05) is 19.7 Å². The van der Waals surface area contributed by atoms with Gasteiger partial charge >= 0.3 is 5.97 Å². The van der Waals surface area contributed by atoms with Gasteiger partial charge in [-0.1, -0.05) is 0 Å². The van der Waals surface area contributed by atoms with Gasteiger partial charge in [-0.05, 0) is 33.6 Å². The van der Waals surface area contributed by atoms with Crippen LogP contribution in [0.25, 0.3) is 0 Å². The van der Waals surface area contributed by atoms with Crippen LogP contribution in [-0.4, -0.2) is 37.4 Å². The molecule has 0 amide bonds. The first-order valence-corrected chi connectivity index (χ1v) is 6.00. The highest BCUT2D eigenvalue weighted by Crippen LogP contribution is 2.39. The van der Waals surface area contributed by atoms with E-state index in [0.29, 0.717) is 6.54 Å². The van der Waals surface area contributed by atoms with Gasteiger partial charge in [0.15, 0.2) is 0 Å². The summed E-state index contributed by atoms with van der Waals surface area (Å²) in [5.74, 6) is -0.102. The maximum atomic E-state index is 12.3. The molecule has 0 saturated carbocycles. The minimum absolute atomic E-state index is 0.00361. The number of carbonyl (C=O) groups excluding carboxylic acids is 1. The van der Waals surface area contributed by atoms with Crippen LogP contribution in [-0.2, 0) is 14.3 Å². The van der Waals surface area contributed by atoms with Crippen molar-refractivity contribution in [1.82, 2.24) is 5.32 Å². The highest BCUT2D eigenvalue weighted by Gasteiger charge is 2.53. The van der Waals surface area contributed by atoms with Crippen molar-refractivity contribution in [3.63, 3.8) is 0 Å². The predicted molar refractivity (Wildman–Crippen MR) is 60.1 cm³/mol. The maximum absolute atomic E-state index is 12.3. The molecule has 2 saturated heterocycles. The van der Waals surface area contributed by atoms with Gasteiger partial charge in [0, 0.05) is 19.7 Å². The van der Waals surface area contributed by atoms with E-state index >= 15 is 0 Å². The van der Waals surface area contributed by atoms with Gasteiger partial charge in [-0.2, -0.15) is 0 Å². The number of carbonyl (C=O) groups is 1. The molecule has 2 fully saturated rings. The summed E-state index contributed by atoms with van der Waals surface area (Å²) in [6.45, 7) is 7.93. The number of ether oxygens (including phenoxy) is 2. The minimum atomic E-state index is -0.439. The Morgan fingerprint density at radius 2 is 2.25 bits per heavy atom. The van der Waals surface area contributed by atoms with E-state index in [4.69, 9.17) is 9.47 Å². The van der Waals surface area contributed by atoms with E-state index in [2.05, 4.69) is 5.32 Å². The Balaban J connectivity index is 2.13. The average Bonchev–Trinajstić information content (AvgIpc) is 2.59. The molecule has 0 aromatic carbocycles. The first-order valence-electron chi connectivity index (χ1n) is 6.00. The molecule has 92 valence electrons. The number of hydrogen-bond acceptors (Lipinski definition) is 4. The molecule has 2 aliphatic rings. The fraction of sp³-hybridized carbons (Fsp3) is 0.917. The van der Waals surface area contributed by atoms with Crippen molar-refractivity contribution in [1.29, 1.82) is 0 Å². The first kappa shape index (κ1) is 11.9. The van der Waals surface area contributed by atoms with E-state index in [1.807, 2.05) is 20.8 Å². The molecule has 16 heavy (non-hydrogen) atoms. The first-order chi connectivity index (χ1) is 7.44. The number of nitrogens with one attached hydrogen (secondary N) is 1. The molecule has 0 unspecified atom stereocenters. The third-order valence-corrected chi connectivity index (χ3v) is 3.28. The van der Waals surface area contributed by atoms with Gasteiger partial charge in [0.25, 0.3) is 0 Å². The van der Waals surface area contributed by atoms with Gasteiger partial charge in [-0.15, -0.1) is 0 Å². The molecule has 4 nitrogen and oxygen atoms in total. The number of esters is 1. The maximum Gasteiger partial charge on any atom is 0.316 e. The Bertz CT molecular complexity index is 284. The predicted octanol–water partition coefficient (Wildman–Crippen LogP) is 1.10. The Morgan fingerprint density at radius 3 is 2.94 bits per heavy atom. The Hall–Kier alpha value is -0.610. The summed E-state index contributed by atoms with van der Waals surface area (Å²) in [7, 11) is 0. The van der Waals surface area contributed by atoms with E-state index < -0.39 is 11.0 Å². The molecule has 0 bridgehead atoms. The van der Waals surface area contributed by atoms with Crippen LogP contribution in [0.3, 0.4) is 0 Å². The normalized spacial score (nSPS) is 34.6. The SMILES string of the molecule is CC(C)(C)OC(=O)[C@@]12CCCO[C@@H]1CNC2. The van der Waals surface area contributed by atoms with E-state index in [9.17, 15) is 4.79 Å². The van der Waals surface area contributed by atoms with E-state index in [1.165, 1.54) is 0 Å². The standard InChI is InChI=1S/C12H21NO3/c1-11(2,3)16-10(14)12-5-4-6-15-9(12)7-13-8-12/h9,13H,4-8H2,1-3H3/t9-,12-/m1/s1. The quantitative estimate of drug-likeness (QED) is 0.681. The fourth-order valence-corrected chi connectivity index (χ4v) is 2.50. The summed E-state index contributed by atoms with van der Waals surface area (Å²) in [5, 5.41) is 3.25. The van der Waals surface area contributed by atoms with Crippen molar-refractivity contribution in [3.05, 3.63) is 0 Å². The van der Waals surface area contributed by atoms with Crippen molar-refractivity contribution in [3.8, 4) is 0 Å². The monoisotopic (exact) mass is 227 g/mol. The van der Waals surface area contributed by atoms with Crippen LogP contribution in [0.1, 0.15) is 33.6 Å². The van der Waals surface area contributed by atoms with Crippen LogP contribution in [0.2, 0.25) is 0 Å². The zero-order valence-electron chi connectivity index (χ0n) is 10.3. The van der Waals surface area contributed by atoms with Gasteiger partial charge in [0.2, 0.25) is 0 Å². The van der Waals surface area contributed by atoms with Gasteiger partial charge < -0.3 is 14.8 Å². The van der Waals surface area contributed by atoms with Crippen molar-refractivity contribution in [2.24, 2.45) is 5.41 Å². The van der Waals surface area contributed by atoms with Crippen molar-refractivity contribution >= 4 is 5.97 Å². The molecule has 0 aromatic rings. The van der Waals surface area contributed by atoms with Crippen molar-refractivity contribution < 1.29 is 14.3 Å². The summed E-state index contributed by atoms with van der Waals surface area (Å²) >= 11 is 0. The molecule has 2 heterocycles. The third-order valence-electron chi connectivity index (χ3n) is 3.28. The highest BCUT2D eigenvalue weighted by molar-refractivity contribution is 5.79.